The quantitative estimate of drug-likeness (QED) is 0.586. The molecule has 0 radical (unpaired) electrons. The molecule has 1 amide bonds. The van der Waals surface area contributed by atoms with Crippen LogP contribution in [-0.2, 0) is 18.4 Å². The van der Waals surface area contributed by atoms with Gasteiger partial charge in [-0.05, 0) is 29.8 Å². The van der Waals surface area contributed by atoms with E-state index in [1.165, 1.54) is 4.57 Å². The molecule has 2 aromatic carbocycles. The number of hydrogen-bond donors (Lipinski definition) is 1. The minimum atomic E-state index is -0.388. The van der Waals surface area contributed by atoms with Gasteiger partial charge in [0.05, 0.1) is 22.8 Å². The number of nitrogens with zero attached hydrogens (tertiary/aromatic N) is 3. The molecular formula is C22H20N4O2. The predicted octanol–water partition coefficient (Wildman–Crippen LogP) is 2.64. The first-order valence-electron chi connectivity index (χ1n) is 9.04. The first kappa shape index (κ1) is 17.7. The first-order chi connectivity index (χ1) is 13.6. The second kappa shape index (κ2) is 7.52. The van der Waals surface area contributed by atoms with E-state index in [1.807, 2.05) is 72.8 Å². The maximum Gasteiger partial charge on any atom is 0.329 e. The Hall–Kier alpha value is -3.67. The lowest BCUT2D eigenvalue weighted by molar-refractivity contribution is -0.122. The van der Waals surface area contributed by atoms with Crippen LogP contribution in [0.15, 0.2) is 83.8 Å². The normalized spacial score (nSPS) is 12.0. The van der Waals surface area contributed by atoms with Crippen molar-refractivity contribution in [1.82, 2.24) is 19.4 Å². The van der Waals surface area contributed by atoms with E-state index in [-0.39, 0.29) is 24.2 Å². The number of rotatable bonds is 5. The Morgan fingerprint density at radius 2 is 1.64 bits per heavy atom. The number of carbonyl (C=O) groups excluding carboxylic acids is 1. The molecule has 1 unspecified atom stereocenters. The molecular weight excluding hydrogens is 352 g/mol. The average Bonchev–Trinajstić information content (AvgIpc) is 2.98. The zero-order valence-electron chi connectivity index (χ0n) is 15.4. The second-order valence-electron chi connectivity index (χ2n) is 6.58. The summed E-state index contributed by atoms with van der Waals surface area (Å²) in [4.78, 5) is 29.8. The van der Waals surface area contributed by atoms with E-state index in [9.17, 15) is 9.59 Å². The van der Waals surface area contributed by atoms with Crippen LogP contribution in [0.4, 0.5) is 0 Å². The van der Waals surface area contributed by atoms with Gasteiger partial charge in [-0.1, -0.05) is 48.5 Å². The van der Waals surface area contributed by atoms with Crippen LogP contribution in [0.5, 0.6) is 0 Å². The Labute approximate surface area is 162 Å². The third kappa shape index (κ3) is 3.32. The molecule has 0 spiro atoms. The SMILES string of the molecule is Cn1c(=O)n(CC(=O)NC(c2ccccc2)c2ccccn2)c2ccccc21. The predicted molar refractivity (Wildman–Crippen MR) is 108 cm³/mol. The standard InChI is InChI=1S/C22H20N4O2/c1-25-18-12-5-6-13-19(18)26(22(25)28)15-20(27)24-21(16-9-3-2-4-10-16)17-11-7-8-14-23-17/h2-14,21H,15H2,1H3,(H,24,27). The smallest absolute Gasteiger partial charge is 0.329 e. The monoisotopic (exact) mass is 372 g/mol. The summed E-state index contributed by atoms with van der Waals surface area (Å²) in [6, 6.07) is 22.3. The summed E-state index contributed by atoms with van der Waals surface area (Å²) < 4.78 is 3.04. The third-order valence-electron chi connectivity index (χ3n) is 4.78. The van der Waals surface area contributed by atoms with E-state index < -0.39 is 0 Å². The van der Waals surface area contributed by atoms with Crippen LogP contribution in [0.2, 0.25) is 0 Å². The zero-order valence-corrected chi connectivity index (χ0v) is 15.4. The molecule has 28 heavy (non-hydrogen) atoms. The summed E-state index contributed by atoms with van der Waals surface area (Å²) in [6.45, 7) is -0.0592. The lowest BCUT2D eigenvalue weighted by atomic mass is 10.0. The van der Waals surface area contributed by atoms with Crippen LogP contribution in [-0.4, -0.2) is 20.0 Å². The van der Waals surface area contributed by atoms with E-state index in [0.29, 0.717) is 0 Å². The van der Waals surface area contributed by atoms with Crippen LogP contribution in [0, 0.1) is 0 Å². The Balaban J connectivity index is 1.65. The third-order valence-corrected chi connectivity index (χ3v) is 4.78. The van der Waals surface area contributed by atoms with E-state index >= 15 is 0 Å². The molecule has 1 atom stereocenters. The van der Waals surface area contributed by atoms with Crippen LogP contribution in [0.25, 0.3) is 11.0 Å². The van der Waals surface area contributed by atoms with E-state index in [1.54, 1.807) is 17.8 Å². The number of para-hydroxylation sites is 2. The molecule has 1 N–H and O–H groups in total. The summed E-state index contributed by atoms with van der Waals surface area (Å²) in [7, 11) is 1.71. The molecule has 0 fully saturated rings. The molecule has 2 heterocycles. The van der Waals surface area contributed by atoms with E-state index in [4.69, 9.17) is 0 Å². The number of imidazole rings is 1. The van der Waals surface area contributed by atoms with Crippen molar-refractivity contribution in [2.75, 3.05) is 0 Å². The summed E-state index contributed by atoms with van der Waals surface area (Å²) >= 11 is 0. The van der Waals surface area contributed by atoms with Gasteiger partial charge >= 0.3 is 5.69 Å². The summed E-state index contributed by atoms with van der Waals surface area (Å²) in [6.07, 6.45) is 1.70. The summed E-state index contributed by atoms with van der Waals surface area (Å²) in [5, 5.41) is 3.03. The Bertz CT molecular complexity index is 1120. The molecule has 0 saturated carbocycles. The molecule has 2 aromatic heterocycles. The molecule has 140 valence electrons. The highest BCUT2D eigenvalue weighted by Gasteiger charge is 2.19. The molecule has 0 aliphatic heterocycles. The minimum absolute atomic E-state index is 0.0592. The fourth-order valence-corrected chi connectivity index (χ4v) is 3.39. The topological polar surface area (TPSA) is 68.9 Å². The van der Waals surface area contributed by atoms with Crippen LogP contribution in [0.3, 0.4) is 0 Å². The Morgan fingerprint density at radius 3 is 2.36 bits per heavy atom. The van der Waals surface area contributed by atoms with Crippen molar-refractivity contribution in [2.45, 2.75) is 12.6 Å². The van der Waals surface area contributed by atoms with Gasteiger partial charge in [0.15, 0.2) is 0 Å². The Kier molecular flexibility index (Phi) is 4.76. The minimum Gasteiger partial charge on any atom is -0.342 e. The zero-order chi connectivity index (χ0) is 19.5. The average molecular weight is 372 g/mol. The van der Waals surface area contributed by atoms with E-state index in [0.717, 1.165) is 22.3 Å². The summed E-state index contributed by atoms with van der Waals surface area (Å²) in [5.41, 5.74) is 2.99. The maximum atomic E-state index is 12.9. The Morgan fingerprint density at radius 1 is 0.964 bits per heavy atom. The highest BCUT2D eigenvalue weighted by Crippen LogP contribution is 2.20. The molecule has 4 rings (SSSR count). The molecule has 0 bridgehead atoms. The van der Waals surface area contributed by atoms with Gasteiger partial charge in [-0.3, -0.25) is 18.9 Å². The lowest BCUT2D eigenvalue weighted by Gasteiger charge is -2.19. The largest absolute Gasteiger partial charge is 0.342 e. The summed E-state index contributed by atoms with van der Waals surface area (Å²) in [5.74, 6) is -0.252. The molecule has 0 aliphatic carbocycles. The number of aryl methyl sites for hydroxylation is 1. The number of pyridine rings is 1. The number of hydrogen-bond acceptors (Lipinski definition) is 3. The molecule has 0 aliphatic rings. The van der Waals surface area contributed by atoms with E-state index in [2.05, 4.69) is 10.3 Å². The van der Waals surface area contributed by atoms with Gasteiger partial charge in [0.1, 0.15) is 6.54 Å². The van der Waals surface area contributed by atoms with Crippen molar-refractivity contribution in [1.29, 1.82) is 0 Å². The first-order valence-corrected chi connectivity index (χ1v) is 9.04. The van der Waals surface area contributed by atoms with Gasteiger partial charge < -0.3 is 5.32 Å². The fourth-order valence-electron chi connectivity index (χ4n) is 3.39. The number of nitrogens with one attached hydrogen (secondary N) is 1. The molecule has 6 heteroatoms. The van der Waals surface area contributed by atoms with Crippen molar-refractivity contribution in [3.63, 3.8) is 0 Å². The molecule has 6 nitrogen and oxygen atoms in total. The van der Waals surface area contributed by atoms with Crippen LogP contribution >= 0.6 is 0 Å². The fraction of sp³-hybridized carbons (Fsp3) is 0.136. The molecule has 4 aromatic rings. The van der Waals surface area contributed by atoms with Crippen molar-refractivity contribution in [3.05, 3.63) is 101 Å². The van der Waals surface area contributed by atoms with Crippen molar-refractivity contribution in [2.24, 2.45) is 7.05 Å². The van der Waals surface area contributed by atoms with Crippen LogP contribution in [0.1, 0.15) is 17.3 Å². The molecule has 0 saturated heterocycles. The second-order valence-corrected chi connectivity index (χ2v) is 6.58. The van der Waals surface area contributed by atoms with Gasteiger partial charge in [0, 0.05) is 13.2 Å². The van der Waals surface area contributed by atoms with Crippen molar-refractivity contribution < 1.29 is 4.79 Å². The van der Waals surface area contributed by atoms with Crippen LogP contribution < -0.4 is 11.0 Å². The maximum absolute atomic E-state index is 12.9. The number of benzene rings is 2. The van der Waals surface area contributed by atoms with Gasteiger partial charge in [0.2, 0.25) is 5.91 Å². The number of carbonyl (C=O) groups is 1. The van der Waals surface area contributed by atoms with Crippen molar-refractivity contribution in [3.8, 4) is 0 Å². The van der Waals surface area contributed by atoms with Gasteiger partial charge in [-0.25, -0.2) is 4.79 Å². The van der Waals surface area contributed by atoms with Gasteiger partial charge in [-0.15, -0.1) is 0 Å². The number of aromatic nitrogens is 3. The number of amides is 1. The highest BCUT2D eigenvalue weighted by molar-refractivity contribution is 5.81. The van der Waals surface area contributed by atoms with Crippen molar-refractivity contribution >= 4 is 16.9 Å². The number of fused-ring (bicyclic) bond motifs is 1. The van der Waals surface area contributed by atoms with Gasteiger partial charge in [-0.2, -0.15) is 0 Å². The lowest BCUT2D eigenvalue weighted by Crippen LogP contribution is -2.35. The van der Waals surface area contributed by atoms with Gasteiger partial charge in [0.25, 0.3) is 0 Å². The highest BCUT2D eigenvalue weighted by atomic mass is 16.2.